The third-order valence-corrected chi connectivity index (χ3v) is 14.1. The van der Waals surface area contributed by atoms with Crippen molar-refractivity contribution in [2.24, 2.45) is 0 Å². The summed E-state index contributed by atoms with van der Waals surface area (Å²) in [5.41, 5.74) is 16.1. The molecule has 0 saturated carbocycles. The maximum atomic E-state index is 2.46. The van der Waals surface area contributed by atoms with Crippen molar-refractivity contribution in [3.05, 3.63) is 277 Å². The lowest BCUT2D eigenvalue weighted by Crippen LogP contribution is -2.28. The van der Waals surface area contributed by atoms with Crippen LogP contribution >= 0.6 is 11.3 Å². The SMILES string of the molecule is c1ccc(-c2ccccc2N(c2ccc(N(c3ccccc3)c3cccc(C4(c5ccccc5)c5ccccc5-c5ccccc54)c3)cc2)c2cccc3sc4ccccc4c23)cc1. The summed E-state index contributed by atoms with van der Waals surface area (Å²) in [5.74, 6) is 0. The van der Waals surface area contributed by atoms with E-state index in [-0.39, 0.29) is 0 Å². The Labute approximate surface area is 378 Å². The summed E-state index contributed by atoms with van der Waals surface area (Å²) in [6.07, 6.45) is 0. The molecule has 0 radical (unpaired) electrons. The van der Waals surface area contributed by atoms with E-state index < -0.39 is 5.41 Å². The maximum absolute atomic E-state index is 2.46. The highest BCUT2D eigenvalue weighted by Gasteiger charge is 2.46. The fourth-order valence-corrected chi connectivity index (χ4v) is 11.4. The van der Waals surface area contributed by atoms with Gasteiger partial charge >= 0.3 is 0 Å². The summed E-state index contributed by atoms with van der Waals surface area (Å²) in [4.78, 5) is 4.85. The molecule has 0 amide bonds. The lowest BCUT2D eigenvalue weighted by molar-refractivity contribution is 0.768. The first kappa shape index (κ1) is 37.8. The van der Waals surface area contributed by atoms with Gasteiger partial charge in [0.25, 0.3) is 0 Å². The van der Waals surface area contributed by atoms with Crippen molar-refractivity contribution in [2.45, 2.75) is 5.41 Å². The normalized spacial score (nSPS) is 12.5. The summed E-state index contributed by atoms with van der Waals surface area (Å²) in [7, 11) is 0. The molecule has 0 atom stereocenters. The fraction of sp³-hybridized carbons (Fsp3) is 0.0164. The van der Waals surface area contributed by atoms with Gasteiger partial charge in [0, 0.05) is 48.5 Å². The van der Waals surface area contributed by atoms with Gasteiger partial charge in [-0.15, -0.1) is 11.3 Å². The third kappa shape index (κ3) is 6.08. The van der Waals surface area contributed by atoms with Gasteiger partial charge in [-0.05, 0) is 112 Å². The Balaban J connectivity index is 1.04. The lowest BCUT2D eigenvalue weighted by Gasteiger charge is -2.35. The molecule has 2 nitrogen and oxygen atoms in total. The summed E-state index contributed by atoms with van der Waals surface area (Å²) in [5, 5.41) is 2.54. The molecule has 10 aromatic carbocycles. The van der Waals surface area contributed by atoms with E-state index in [9.17, 15) is 0 Å². The zero-order valence-corrected chi connectivity index (χ0v) is 35.9. The number of benzene rings is 10. The number of rotatable bonds is 9. The average molecular weight is 835 g/mol. The Hall–Kier alpha value is -7.98. The zero-order valence-electron chi connectivity index (χ0n) is 35.1. The van der Waals surface area contributed by atoms with Gasteiger partial charge in [0.2, 0.25) is 0 Å². The maximum Gasteiger partial charge on any atom is 0.0714 e. The van der Waals surface area contributed by atoms with Crippen molar-refractivity contribution in [2.75, 3.05) is 9.80 Å². The zero-order chi connectivity index (χ0) is 42.5. The first-order valence-electron chi connectivity index (χ1n) is 21.9. The van der Waals surface area contributed by atoms with E-state index in [1.165, 1.54) is 64.7 Å². The quantitative estimate of drug-likeness (QED) is 0.143. The molecule has 0 bridgehead atoms. The van der Waals surface area contributed by atoms with Crippen LogP contribution in [0.15, 0.2) is 255 Å². The Kier molecular flexibility index (Phi) is 9.28. The standard InChI is InChI=1S/C61H42N2S/c1-4-20-43(21-5-1)50-28-12-16-34-56(50)63(57-35-19-37-59-60(57)53-31-13-17-36-58(53)64-59)48-40-38-47(39-41-48)62(46-25-8-3-9-26-46)49-27-18-24-45(42-49)61(44-22-6-2-7-23-44)54-32-14-10-29-51(54)52-30-11-15-33-55(52)61/h1-42H. The average Bonchev–Trinajstić information content (AvgIpc) is 3.90. The highest BCUT2D eigenvalue weighted by Crippen LogP contribution is 2.57. The molecule has 0 spiro atoms. The van der Waals surface area contributed by atoms with Crippen molar-refractivity contribution in [3.63, 3.8) is 0 Å². The second kappa shape index (κ2) is 15.7. The molecule has 11 aromatic rings. The van der Waals surface area contributed by atoms with E-state index in [4.69, 9.17) is 0 Å². The van der Waals surface area contributed by atoms with Crippen molar-refractivity contribution in [1.29, 1.82) is 0 Å². The first-order chi connectivity index (χ1) is 31.8. The van der Waals surface area contributed by atoms with Crippen LogP contribution in [0.1, 0.15) is 22.3 Å². The van der Waals surface area contributed by atoms with E-state index in [2.05, 4.69) is 265 Å². The Morgan fingerprint density at radius 2 is 0.797 bits per heavy atom. The number of para-hydroxylation sites is 2. The van der Waals surface area contributed by atoms with Crippen LogP contribution in [0.5, 0.6) is 0 Å². The van der Waals surface area contributed by atoms with Crippen molar-refractivity contribution >= 4 is 65.6 Å². The van der Waals surface area contributed by atoms with Crippen LogP contribution in [-0.2, 0) is 5.41 Å². The molecule has 0 saturated heterocycles. The molecule has 64 heavy (non-hydrogen) atoms. The topological polar surface area (TPSA) is 6.48 Å². The highest BCUT2D eigenvalue weighted by atomic mass is 32.1. The number of hydrogen-bond donors (Lipinski definition) is 0. The lowest BCUT2D eigenvalue weighted by atomic mass is 9.67. The van der Waals surface area contributed by atoms with Crippen molar-refractivity contribution in [3.8, 4) is 22.3 Å². The minimum atomic E-state index is -0.504. The van der Waals surface area contributed by atoms with E-state index in [1.54, 1.807) is 0 Å². The van der Waals surface area contributed by atoms with Gasteiger partial charge in [-0.2, -0.15) is 0 Å². The number of nitrogens with zero attached hydrogens (tertiary/aromatic N) is 2. The Bertz CT molecular complexity index is 3400. The second-order valence-electron chi connectivity index (χ2n) is 16.4. The largest absolute Gasteiger partial charge is 0.310 e. The molecule has 1 heterocycles. The number of fused-ring (bicyclic) bond motifs is 6. The predicted molar refractivity (Wildman–Crippen MR) is 271 cm³/mol. The van der Waals surface area contributed by atoms with E-state index >= 15 is 0 Å². The highest BCUT2D eigenvalue weighted by molar-refractivity contribution is 7.26. The fourth-order valence-electron chi connectivity index (χ4n) is 10.2. The Morgan fingerprint density at radius 1 is 0.312 bits per heavy atom. The smallest absolute Gasteiger partial charge is 0.0714 e. The van der Waals surface area contributed by atoms with E-state index in [1.807, 2.05) is 11.3 Å². The molecule has 0 N–H and O–H groups in total. The van der Waals surface area contributed by atoms with Gasteiger partial charge in [-0.1, -0.05) is 182 Å². The van der Waals surface area contributed by atoms with Crippen LogP contribution in [0.4, 0.5) is 34.1 Å². The molecule has 0 unspecified atom stereocenters. The summed E-state index contributed by atoms with van der Waals surface area (Å²) >= 11 is 1.85. The molecule has 3 heteroatoms. The molecular weight excluding hydrogens is 793 g/mol. The molecule has 0 aliphatic heterocycles. The number of hydrogen-bond acceptors (Lipinski definition) is 3. The molecule has 302 valence electrons. The predicted octanol–water partition coefficient (Wildman–Crippen LogP) is 17.0. The van der Waals surface area contributed by atoms with Crippen LogP contribution < -0.4 is 9.80 Å². The first-order valence-corrected chi connectivity index (χ1v) is 22.7. The van der Waals surface area contributed by atoms with E-state index in [0.717, 1.165) is 34.1 Å². The summed E-state index contributed by atoms with van der Waals surface area (Å²) < 4.78 is 2.56. The van der Waals surface area contributed by atoms with Crippen LogP contribution in [0.3, 0.4) is 0 Å². The molecular formula is C61H42N2S. The monoisotopic (exact) mass is 834 g/mol. The minimum Gasteiger partial charge on any atom is -0.310 e. The van der Waals surface area contributed by atoms with Gasteiger partial charge in [0.05, 0.1) is 16.8 Å². The van der Waals surface area contributed by atoms with Crippen LogP contribution in [0.2, 0.25) is 0 Å². The van der Waals surface area contributed by atoms with Gasteiger partial charge in [-0.25, -0.2) is 0 Å². The molecule has 1 aromatic heterocycles. The Morgan fingerprint density at radius 3 is 1.52 bits per heavy atom. The van der Waals surface area contributed by atoms with Gasteiger partial charge in [0.15, 0.2) is 0 Å². The van der Waals surface area contributed by atoms with Gasteiger partial charge in [-0.3, -0.25) is 0 Å². The van der Waals surface area contributed by atoms with Crippen LogP contribution in [0.25, 0.3) is 42.4 Å². The third-order valence-electron chi connectivity index (χ3n) is 12.9. The molecule has 12 rings (SSSR count). The minimum absolute atomic E-state index is 0.504. The number of anilines is 6. The second-order valence-corrected chi connectivity index (χ2v) is 17.5. The summed E-state index contributed by atoms with van der Waals surface area (Å²) in [6, 6.07) is 93.2. The van der Waals surface area contributed by atoms with Crippen molar-refractivity contribution < 1.29 is 0 Å². The summed E-state index contributed by atoms with van der Waals surface area (Å²) in [6.45, 7) is 0. The van der Waals surface area contributed by atoms with E-state index in [0.29, 0.717) is 0 Å². The molecule has 1 aliphatic rings. The number of thiophene rings is 1. The molecule has 0 fully saturated rings. The van der Waals surface area contributed by atoms with Crippen molar-refractivity contribution in [1.82, 2.24) is 0 Å². The van der Waals surface area contributed by atoms with Crippen LogP contribution in [0, 0.1) is 0 Å². The van der Waals surface area contributed by atoms with Crippen LogP contribution in [-0.4, -0.2) is 0 Å². The van der Waals surface area contributed by atoms with Gasteiger partial charge in [0.1, 0.15) is 0 Å². The van der Waals surface area contributed by atoms with Gasteiger partial charge < -0.3 is 9.80 Å². The molecule has 1 aliphatic carbocycles.